The van der Waals surface area contributed by atoms with Crippen LogP contribution in [0.5, 0.6) is 0 Å². The lowest BCUT2D eigenvalue weighted by molar-refractivity contribution is -0.143. The Labute approximate surface area is 392 Å². The van der Waals surface area contributed by atoms with Gasteiger partial charge in [-0.3, -0.25) is 9.59 Å². The van der Waals surface area contributed by atoms with E-state index in [4.69, 9.17) is 4.74 Å². The Balaban J connectivity index is 3.48. The highest BCUT2D eigenvalue weighted by Crippen LogP contribution is 2.17. The fourth-order valence-corrected chi connectivity index (χ4v) is 8.63. The van der Waals surface area contributed by atoms with Crippen molar-refractivity contribution in [3.05, 3.63) is 24.3 Å². The van der Waals surface area contributed by atoms with E-state index in [9.17, 15) is 19.8 Å². The van der Waals surface area contributed by atoms with Gasteiger partial charge in [0.15, 0.2) is 0 Å². The lowest BCUT2D eigenvalue weighted by Crippen LogP contribution is -2.45. The van der Waals surface area contributed by atoms with E-state index in [2.05, 4.69) is 31.3 Å². The molecule has 2 atom stereocenters. The lowest BCUT2D eigenvalue weighted by atomic mass is 10.0. The molecule has 3 N–H and O–H groups in total. The molecule has 0 bridgehead atoms. The third-order valence-electron chi connectivity index (χ3n) is 13.0. The Morgan fingerprint density at radius 2 is 0.746 bits per heavy atom. The topological polar surface area (TPSA) is 95.9 Å². The van der Waals surface area contributed by atoms with Crippen LogP contribution in [0.25, 0.3) is 0 Å². The molecule has 63 heavy (non-hydrogen) atoms. The van der Waals surface area contributed by atoms with Gasteiger partial charge >= 0.3 is 5.97 Å². The van der Waals surface area contributed by atoms with Gasteiger partial charge in [-0.25, -0.2) is 0 Å². The minimum atomic E-state index is -0.850. The molecule has 0 rings (SSSR count). The van der Waals surface area contributed by atoms with Crippen LogP contribution in [0, 0.1) is 0 Å². The number of unbranched alkanes of at least 4 members (excludes halogenated alkanes) is 39. The van der Waals surface area contributed by atoms with Crippen LogP contribution in [0.3, 0.4) is 0 Å². The standard InChI is InChI=1S/C57H109NO5/c1-3-5-7-9-11-13-15-17-18-19-20-21-23-26-29-33-37-41-45-49-55(60)54(53-59)58-56(61)50-46-42-38-34-30-27-24-22-25-28-32-36-40-44-48-52-63-57(62)51-47-43-39-35-31-16-14-12-10-8-6-4-2/h12,14,45,49,54-55,59-60H,3-11,13,15-44,46-48,50-53H2,1-2H3,(H,58,61)/b14-12-,49-45+. The van der Waals surface area contributed by atoms with Gasteiger partial charge in [0.05, 0.1) is 25.4 Å². The monoisotopic (exact) mass is 888 g/mol. The van der Waals surface area contributed by atoms with Gasteiger partial charge in [-0.1, -0.05) is 256 Å². The molecule has 0 spiro atoms. The minimum Gasteiger partial charge on any atom is -0.466 e. The molecule has 0 aliphatic carbocycles. The zero-order valence-corrected chi connectivity index (χ0v) is 42.3. The van der Waals surface area contributed by atoms with Crippen LogP contribution in [0.15, 0.2) is 24.3 Å². The maximum absolute atomic E-state index is 12.5. The van der Waals surface area contributed by atoms with E-state index in [1.807, 2.05) is 6.08 Å². The first-order valence-corrected chi connectivity index (χ1v) is 28.1. The van der Waals surface area contributed by atoms with Crippen LogP contribution in [0.2, 0.25) is 0 Å². The Bertz CT molecular complexity index is 982. The number of carbonyl (C=O) groups excluding carboxylic acids is 2. The highest BCUT2D eigenvalue weighted by atomic mass is 16.5. The molecular formula is C57H109NO5. The van der Waals surface area contributed by atoms with E-state index in [1.54, 1.807) is 6.08 Å². The summed E-state index contributed by atoms with van der Waals surface area (Å²) in [7, 11) is 0. The second-order valence-electron chi connectivity index (χ2n) is 19.3. The Kier molecular flexibility index (Phi) is 51.6. The Hall–Kier alpha value is -1.66. The van der Waals surface area contributed by atoms with Gasteiger partial charge in [0.2, 0.25) is 5.91 Å². The predicted molar refractivity (Wildman–Crippen MR) is 273 cm³/mol. The fourth-order valence-electron chi connectivity index (χ4n) is 8.63. The highest BCUT2D eigenvalue weighted by molar-refractivity contribution is 5.76. The molecule has 1 amide bonds. The summed E-state index contributed by atoms with van der Waals surface area (Å²) in [5.74, 6) is -0.0851. The Morgan fingerprint density at radius 1 is 0.429 bits per heavy atom. The van der Waals surface area contributed by atoms with Gasteiger partial charge < -0.3 is 20.3 Å². The molecule has 0 aromatic heterocycles. The first-order chi connectivity index (χ1) is 31.0. The molecule has 6 nitrogen and oxygen atoms in total. The van der Waals surface area contributed by atoms with E-state index in [-0.39, 0.29) is 18.5 Å². The predicted octanol–water partition coefficient (Wildman–Crippen LogP) is 17.1. The smallest absolute Gasteiger partial charge is 0.305 e. The quantitative estimate of drug-likeness (QED) is 0.0321. The first-order valence-electron chi connectivity index (χ1n) is 28.1. The largest absolute Gasteiger partial charge is 0.466 e. The van der Waals surface area contributed by atoms with Crippen LogP contribution in [-0.2, 0) is 14.3 Å². The van der Waals surface area contributed by atoms with E-state index < -0.39 is 12.1 Å². The van der Waals surface area contributed by atoms with Crippen molar-refractivity contribution in [3.8, 4) is 0 Å². The molecule has 0 saturated carbocycles. The molecule has 0 heterocycles. The van der Waals surface area contributed by atoms with Crippen LogP contribution < -0.4 is 5.32 Å². The molecule has 2 unspecified atom stereocenters. The number of hydrogen-bond donors (Lipinski definition) is 3. The van der Waals surface area contributed by atoms with Crippen molar-refractivity contribution in [2.45, 2.75) is 315 Å². The van der Waals surface area contributed by atoms with Gasteiger partial charge in [0.1, 0.15) is 0 Å². The van der Waals surface area contributed by atoms with Crippen molar-refractivity contribution in [2.75, 3.05) is 13.2 Å². The summed E-state index contributed by atoms with van der Waals surface area (Å²) in [5, 5.41) is 23.1. The fraction of sp³-hybridized carbons (Fsp3) is 0.895. The average Bonchev–Trinajstić information content (AvgIpc) is 3.28. The maximum Gasteiger partial charge on any atom is 0.305 e. The van der Waals surface area contributed by atoms with Gasteiger partial charge in [-0.05, 0) is 57.8 Å². The average molecular weight is 889 g/mol. The highest BCUT2D eigenvalue weighted by Gasteiger charge is 2.18. The van der Waals surface area contributed by atoms with Crippen LogP contribution in [0.1, 0.15) is 303 Å². The normalized spacial score (nSPS) is 12.8. The number of esters is 1. The second-order valence-corrected chi connectivity index (χ2v) is 19.3. The third-order valence-corrected chi connectivity index (χ3v) is 13.0. The Morgan fingerprint density at radius 3 is 1.16 bits per heavy atom. The first kappa shape index (κ1) is 61.3. The summed E-state index contributed by atoms with van der Waals surface area (Å²) in [5.41, 5.74) is 0. The summed E-state index contributed by atoms with van der Waals surface area (Å²) >= 11 is 0. The summed E-state index contributed by atoms with van der Waals surface area (Å²) in [6, 6.07) is -0.635. The number of nitrogens with one attached hydrogen (secondary N) is 1. The van der Waals surface area contributed by atoms with Gasteiger partial charge in [0.25, 0.3) is 0 Å². The van der Waals surface area contributed by atoms with Crippen molar-refractivity contribution in [1.82, 2.24) is 5.32 Å². The van der Waals surface area contributed by atoms with Crippen molar-refractivity contribution in [2.24, 2.45) is 0 Å². The number of aliphatic hydroxyl groups excluding tert-OH is 2. The minimum absolute atomic E-state index is 0.0104. The number of rotatable bonds is 52. The number of ether oxygens (including phenoxy) is 1. The molecule has 0 saturated heterocycles. The van der Waals surface area contributed by atoms with E-state index in [0.717, 1.165) is 51.4 Å². The molecule has 0 radical (unpaired) electrons. The summed E-state index contributed by atoms with van der Waals surface area (Å²) in [6.45, 7) is 4.87. The van der Waals surface area contributed by atoms with Gasteiger partial charge in [-0.15, -0.1) is 0 Å². The number of aliphatic hydroxyl groups is 2. The van der Waals surface area contributed by atoms with Gasteiger partial charge in [0, 0.05) is 12.8 Å². The van der Waals surface area contributed by atoms with E-state index >= 15 is 0 Å². The van der Waals surface area contributed by atoms with Crippen LogP contribution in [0.4, 0.5) is 0 Å². The van der Waals surface area contributed by atoms with Crippen LogP contribution >= 0.6 is 0 Å². The molecule has 0 aromatic rings. The number of hydrogen-bond acceptors (Lipinski definition) is 5. The van der Waals surface area contributed by atoms with Crippen molar-refractivity contribution in [1.29, 1.82) is 0 Å². The zero-order chi connectivity index (χ0) is 45.8. The van der Waals surface area contributed by atoms with Crippen molar-refractivity contribution < 1.29 is 24.5 Å². The van der Waals surface area contributed by atoms with E-state index in [0.29, 0.717) is 19.4 Å². The zero-order valence-electron chi connectivity index (χ0n) is 42.3. The molecule has 372 valence electrons. The number of amides is 1. The van der Waals surface area contributed by atoms with E-state index in [1.165, 1.54) is 225 Å². The van der Waals surface area contributed by atoms with Crippen molar-refractivity contribution in [3.63, 3.8) is 0 Å². The van der Waals surface area contributed by atoms with Crippen molar-refractivity contribution >= 4 is 11.9 Å². The number of allylic oxidation sites excluding steroid dienone is 3. The van der Waals surface area contributed by atoms with Crippen LogP contribution in [-0.4, -0.2) is 47.4 Å². The lowest BCUT2D eigenvalue weighted by Gasteiger charge is -2.20. The molecule has 6 heteroatoms. The number of carbonyl (C=O) groups is 2. The maximum atomic E-state index is 12.5. The summed E-state index contributed by atoms with van der Waals surface area (Å²) in [4.78, 5) is 24.5. The molecule has 0 aliphatic heterocycles. The molecule has 0 fully saturated rings. The van der Waals surface area contributed by atoms with Gasteiger partial charge in [-0.2, -0.15) is 0 Å². The second kappa shape index (κ2) is 53.0. The molecular weight excluding hydrogens is 779 g/mol. The molecule has 0 aliphatic rings. The molecule has 0 aromatic carbocycles. The third kappa shape index (κ3) is 49.6. The summed E-state index contributed by atoms with van der Waals surface area (Å²) < 4.78 is 5.45. The SMILES string of the molecule is CCCCC/C=C\CCCCCCCC(=O)OCCCCCCCCCCCCCCCCCC(=O)NC(CO)C(O)/C=C/CCCCCCCCCCCCCCCCCCC. The summed E-state index contributed by atoms with van der Waals surface area (Å²) in [6.07, 6.45) is 63.3.